The standard InChI is InChI=1S/C21H26F3NO4/c1-27-18-7-3-16(4-8-18)13-25(14-17-5-9-19(28-2)10-6-17)15-20(21(22,23)24)29-12-11-26/h3-10,20,26H,11-15H2,1-2H3. The van der Waals surface area contributed by atoms with E-state index >= 15 is 0 Å². The van der Waals surface area contributed by atoms with Gasteiger partial charge in [-0.25, -0.2) is 0 Å². The van der Waals surface area contributed by atoms with Crippen LogP contribution < -0.4 is 9.47 Å². The average molecular weight is 413 g/mol. The largest absolute Gasteiger partial charge is 0.497 e. The first kappa shape index (κ1) is 23.0. The van der Waals surface area contributed by atoms with E-state index in [9.17, 15) is 13.2 Å². The summed E-state index contributed by atoms with van der Waals surface area (Å²) in [5.41, 5.74) is 1.70. The number of rotatable bonds is 11. The Hall–Kier alpha value is -2.29. The second-order valence-corrected chi connectivity index (χ2v) is 6.49. The third-order valence-corrected chi connectivity index (χ3v) is 4.33. The van der Waals surface area contributed by atoms with Gasteiger partial charge in [-0.2, -0.15) is 13.2 Å². The number of aliphatic hydroxyl groups excluding tert-OH is 1. The summed E-state index contributed by atoms with van der Waals surface area (Å²) in [6.45, 7) is -0.607. The van der Waals surface area contributed by atoms with Gasteiger partial charge in [-0.1, -0.05) is 24.3 Å². The molecule has 1 unspecified atom stereocenters. The fourth-order valence-electron chi connectivity index (χ4n) is 2.84. The van der Waals surface area contributed by atoms with Crippen molar-refractivity contribution in [3.05, 3.63) is 59.7 Å². The number of methoxy groups -OCH3 is 2. The molecular formula is C21H26F3NO4. The molecule has 0 fully saturated rings. The highest BCUT2D eigenvalue weighted by Crippen LogP contribution is 2.25. The van der Waals surface area contributed by atoms with Gasteiger partial charge in [-0.05, 0) is 35.4 Å². The summed E-state index contributed by atoms with van der Waals surface area (Å²) in [7, 11) is 3.11. The molecule has 2 aromatic carbocycles. The van der Waals surface area contributed by atoms with Gasteiger partial charge in [0, 0.05) is 19.6 Å². The summed E-state index contributed by atoms with van der Waals surface area (Å²) in [5, 5.41) is 8.85. The van der Waals surface area contributed by atoms with E-state index in [2.05, 4.69) is 0 Å². The second kappa shape index (κ2) is 11.0. The summed E-state index contributed by atoms with van der Waals surface area (Å²) in [4.78, 5) is 1.67. The molecular weight excluding hydrogens is 387 g/mol. The molecule has 160 valence electrons. The van der Waals surface area contributed by atoms with Crippen molar-refractivity contribution in [3.8, 4) is 11.5 Å². The number of alkyl halides is 3. The van der Waals surface area contributed by atoms with E-state index in [0.29, 0.717) is 24.6 Å². The lowest BCUT2D eigenvalue weighted by atomic mass is 10.1. The Kier molecular flexibility index (Phi) is 8.75. The molecule has 0 aromatic heterocycles. The van der Waals surface area contributed by atoms with E-state index in [4.69, 9.17) is 19.3 Å². The molecule has 0 bridgehead atoms. The topological polar surface area (TPSA) is 51.2 Å². The van der Waals surface area contributed by atoms with Crippen LogP contribution in [0.4, 0.5) is 13.2 Å². The maximum atomic E-state index is 13.4. The van der Waals surface area contributed by atoms with Gasteiger partial charge in [-0.15, -0.1) is 0 Å². The van der Waals surface area contributed by atoms with Crippen molar-refractivity contribution in [2.45, 2.75) is 25.4 Å². The first-order valence-corrected chi connectivity index (χ1v) is 9.13. The predicted molar refractivity (Wildman–Crippen MR) is 103 cm³/mol. The van der Waals surface area contributed by atoms with Crippen molar-refractivity contribution in [3.63, 3.8) is 0 Å². The van der Waals surface area contributed by atoms with Crippen LogP contribution in [0.5, 0.6) is 11.5 Å². The predicted octanol–water partition coefficient (Wildman–Crippen LogP) is 3.65. The highest BCUT2D eigenvalue weighted by Gasteiger charge is 2.41. The fraction of sp³-hybridized carbons (Fsp3) is 0.429. The molecule has 0 amide bonds. The minimum absolute atomic E-state index is 0.297. The third kappa shape index (κ3) is 7.56. The Morgan fingerprint density at radius 1 is 0.862 bits per heavy atom. The van der Waals surface area contributed by atoms with Crippen molar-refractivity contribution in [2.24, 2.45) is 0 Å². The minimum Gasteiger partial charge on any atom is -0.497 e. The molecule has 0 radical (unpaired) electrons. The summed E-state index contributed by atoms with van der Waals surface area (Å²) in [6.07, 6.45) is -6.53. The van der Waals surface area contributed by atoms with Crippen molar-refractivity contribution in [1.29, 1.82) is 0 Å². The van der Waals surface area contributed by atoms with Gasteiger partial charge >= 0.3 is 6.18 Å². The maximum absolute atomic E-state index is 13.4. The zero-order valence-corrected chi connectivity index (χ0v) is 16.5. The quantitative estimate of drug-likeness (QED) is 0.610. The highest BCUT2D eigenvalue weighted by atomic mass is 19.4. The molecule has 0 aliphatic rings. The summed E-state index contributed by atoms with van der Waals surface area (Å²) >= 11 is 0. The second-order valence-electron chi connectivity index (χ2n) is 6.49. The van der Waals surface area contributed by atoms with Gasteiger partial charge in [0.15, 0.2) is 6.10 Å². The fourth-order valence-corrected chi connectivity index (χ4v) is 2.84. The van der Waals surface area contributed by atoms with Crippen molar-refractivity contribution < 1.29 is 32.5 Å². The number of hydrogen-bond acceptors (Lipinski definition) is 5. The lowest BCUT2D eigenvalue weighted by molar-refractivity contribution is -0.227. The maximum Gasteiger partial charge on any atom is 0.415 e. The van der Waals surface area contributed by atoms with Crippen LogP contribution in [0, 0.1) is 0 Å². The first-order valence-electron chi connectivity index (χ1n) is 9.13. The monoisotopic (exact) mass is 413 g/mol. The zero-order chi connectivity index (χ0) is 21.3. The molecule has 1 atom stereocenters. The molecule has 29 heavy (non-hydrogen) atoms. The van der Waals surface area contributed by atoms with E-state index in [1.807, 2.05) is 24.3 Å². The smallest absolute Gasteiger partial charge is 0.415 e. The number of benzene rings is 2. The molecule has 0 aliphatic heterocycles. The van der Waals surface area contributed by atoms with Crippen LogP contribution >= 0.6 is 0 Å². The normalized spacial score (nSPS) is 12.8. The van der Waals surface area contributed by atoms with Crippen LogP contribution in [0.15, 0.2) is 48.5 Å². The van der Waals surface area contributed by atoms with Gasteiger partial charge in [0.25, 0.3) is 0 Å². The van der Waals surface area contributed by atoms with Gasteiger partial charge in [0.05, 0.1) is 27.4 Å². The highest BCUT2D eigenvalue weighted by molar-refractivity contribution is 5.28. The van der Waals surface area contributed by atoms with Gasteiger partial charge in [-0.3, -0.25) is 4.90 Å². The number of nitrogens with zero attached hydrogens (tertiary/aromatic N) is 1. The molecule has 0 saturated heterocycles. The molecule has 0 spiro atoms. The molecule has 0 aliphatic carbocycles. The molecule has 2 aromatic rings. The SMILES string of the molecule is COc1ccc(CN(Cc2ccc(OC)cc2)CC(OCCO)C(F)(F)F)cc1. The Labute approximate surface area is 168 Å². The van der Waals surface area contributed by atoms with Gasteiger partial charge in [0.1, 0.15) is 11.5 Å². The first-order chi connectivity index (χ1) is 13.9. The van der Waals surface area contributed by atoms with Crippen LogP contribution in [0.1, 0.15) is 11.1 Å². The average Bonchev–Trinajstić information content (AvgIpc) is 2.71. The van der Waals surface area contributed by atoms with Crippen molar-refractivity contribution in [2.75, 3.05) is 34.0 Å². The molecule has 8 heteroatoms. The van der Waals surface area contributed by atoms with Crippen LogP contribution in [-0.2, 0) is 17.8 Å². The van der Waals surface area contributed by atoms with E-state index < -0.39 is 18.9 Å². The van der Waals surface area contributed by atoms with E-state index in [0.717, 1.165) is 11.1 Å². The number of hydrogen-bond donors (Lipinski definition) is 1. The third-order valence-electron chi connectivity index (χ3n) is 4.33. The summed E-state index contributed by atoms with van der Waals surface area (Å²) in [5.74, 6) is 1.35. The number of halogens is 3. The molecule has 1 N–H and O–H groups in total. The molecule has 2 rings (SSSR count). The van der Waals surface area contributed by atoms with E-state index in [1.54, 1.807) is 43.4 Å². The lowest BCUT2D eigenvalue weighted by Gasteiger charge is -2.29. The van der Waals surface area contributed by atoms with Crippen LogP contribution in [0.2, 0.25) is 0 Å². The van der Waals surface area contributed by atoms with Crippen LogP contribution in [0.25, 0.3) is 0 Å². The number of ether oxygens (including phenoxy) is 3. The van der Waals surface area contributed by atoms with E-state index in [1.165, 1.54) is 0 Å². The molecule has 0 heterocycles. The summed E-state index contributed by atoms with van der Waals surface area (Å²) < 4.78 is 55.4. The Balaban J connectivity index is 2.19. The summed E-state index contributed by atoms with van der Waals surface area (Å²) in [6, 6.07) is 14.3. The Bertz CT molecular complexity index is 671. The van der Waals surface area contributed by atoms with Crippen molar-refractivity contribution in [1.82, 2.24) is 4.90 Å². The molecule has 5 nitrogen and oxygen atoms in total. The van der Waals surface area contributed by atoms with Crippen molar-refractivity contribution >= 4 is 0 Å². The van der Waals surface area contributed by atoms with Gasteiger partial charge in [0.2, 0.25) is 0 Å². The van der Waals surface area contributed by atoms with Crippen LogP contribution in [0.3, 0.4) is 0 Å². The number of aliphatic hydroxyl groups is 1. The van der Waals surface area contributed by atoms with E-state index in [-0.39, 0.29) is 13.2 Å². The zero-order valence-electron chi connectivity index (χ0n) is 16.5. The Morgan fingerprint density at radius 3 is 1.66 bits per heavy atom. The lowest BCUT2D eigenvalue weighted by Crippen LogP contribution is -2.43. The Morgan fingerprint density at radius 2 is 1.31 bits per heavy atom. The molecule has 0 saturated carbocycles. The van der Waals surface area contributed by atoms with Gasteiger partial charge < -0.3 is 19.3 Å². The van der Waals surface area contributed by atoms with Crippen LogP contribution in [-0.4, -0.2) is 56.3 Å². The minimum atomic E-state index is -4.53.